The number of methoxy groups -OCH3 is 1. The van der Waals surface area contributed by atoms with Crippen LogP contribution in [0.15, 0.2) is 22.7 Å². The van der Waals surface area contributed by atoms with Crippen molar-refractivity contribution in [3.63, 3.8) is 0 Å². The van der Waals surface area contributed by atoms with Crippen LogP contribution in [0.25, 0.3) is 0 Å². The molecule has 94 valence electrons. The lowest BCUT2D eigenvalue weighted by molar-refractivity contribution is 0.101. The Morgan fingerprint density at radius 1 is 1.53 bits per heavy atom. The molecule has 0 aromatic heterocycles. The van der Waals surface area contributed by atoms with Crippen molar-refractivity contribution >= 4 is 27.4 Å². The van der Waals surface area contributed by atoms with Gasteiger partial charge in [0.1, 0.15) is 0 Å². The fourth-order valence-corrected chi connectivity index (χ4v) is 2.26. The largest absolute Gasteiger partial charge is 0.383 e. The fourth-order valence-electron chi connectivity index (χ4n) is 1.62. The van der Waals surface area contributed by atoms with Crippen molar-refractivity contribution in [1.82, 2.24) is 0 Å². The summed E-state index contributed by atoms with van der Waals surface area (Å²) in [7, 11) is 3.71. The molecule has 0 bridgehead atoms. The van der Waals surface area contributed by atoms with Crippen LogP contribution in [-0.2, 0) is 4.74 Å². The molecule has 0 N–H and O–H groups in total. The van der Waals surface area contributed by atoms with Crippen molar-refractivity contribution in [2.75, 3.05) is 25.7 Å². The Morgan fingerprint density at radius 2 is 2.18 bits per heavy atom. The number of carbonyl (C=O) groups is 1. The van der Waals surface area contributed by atoms with Crippen LogP contribution < -0.4 is 4.90 Å². The summed E-state index contributed by atoms with van der Waals surface area (Å²) >= 11 is 3.43. The normalized spacial score (nSPS) is 12.3. The lowest BCUT2D eigenvalue weighted by atomic mass is 10.1. The summed E-state index contributed by atoms with van der Waals surface area (Å²) < 4.78 is 5.96. The lowest BCUT2D eigenvalue weighted by Crippen LogP contribution is -2.32. The predicted molar refractivity (Wildman–Crippen MR) is 73.9 cm³/mol. The van der Waals surface area contributed by atoms with E-state index < -0.39 is 0 Å². The molecule has 1 rings (SSSR count). The van der Waals surface area contributed by atoms with Gasteiger partial charge in [-0.2, -0.15) is 0 Å². The number of rotatable bonds is 5. The van der Waals surface area contributed by atoms with Crippen molar-refractivity contribution in [3.05, 3.63) is 28.2 Å². The summed E-state index contributed by atoms with van der Waals surface area (Å²) in [6.07, 6.45) is 0. The van der Waals surface area contributed by atoms with Crippen molar-refractivity contribution in [2.45, 2.75) is 19.9 Å². The first kappa shape index (κ1) is 14.2. The Kier molecular flexibility index (Phi) is 5.15. The molecule has 0 spiro atoms. The fraction of sp³-hybridized carbons (Fsp3) is 0.462. The summed E-state index contributed by atoms with van der Waals surface area (Å²) in [5.41, 5.74) is 1.77. The third-order valence-electron chi connectivity index (χ3n) is 2.81. The minimum absolute atomic E-state index is 0.0658. The van der Waals surface area contributed by atoms with Crippen molar-refractivity contribution in [1.29, 1.82) is 0 Å². The zero-order valence-electron chi connectivity index (χ0n) is 10.7. The molecule has 1 aromatic rings. The zero-order chi connectivity index (χ0) is 13.0. The maximum atomic E-state index is 11.3. The highest BCUT2D eigenvalue weighted by Gasteiger charge is 2.12. The highest BCUT2D eigenvalue weighted by molar-refractivity contribution is 9.10. The van der Waals surface area contributed by atoms with Gasteiger partial charge in [-0.15, -0.1) is 0 Å². The molecule has 0 aliphatic carbocycles. The van der Waals surface area contributed by atoms with E-state index in [1.165, 1.54) is 0 Å². The van der Waals surface area contributed by atoms with Crippen LogP contribution in [-0.4, -0.2) is 32.6 Å². The number of ketones is 1. The molecule has 0 aliphatic heterocycles. The second-order valence-corrected chi connectivity index (χ2v) is 4.99. The molecule has 3 nitrogen and oxygen atoms in total. The first-order valence-electron chi connectivity index (χ1n) is 5.49. The van der Waals surface area contributed by atoms with E-state index in [0.717, 1.165) is 10.2 Å². The van der Waals surface area contributed by atoms with Crippen LogP contribution in [0.3, 0.4) is 0 Å². The van der Waals surface area contributed by atoms with Gasteiger partial charge >= 0.3 is 0 Å². The topological polar surface area (TPSA) is 29.5 Å². The average molecular weight is 300 g/mol. The van der Waals surface area contributed by atoms with Gasteiger partial charge in [0.05, 0.1) is 6.61 Å². The SMILES string of the molecule is COCC(C)N(C)c1ccc(C(C)=O)c(Br)c1. The predicted octanol–water partition coefficient (Wildman–Crippen LogP) is 3.12. The first-order valence-corrected chi connectivity index (χ1v) is 6.29. The second kappa shape index (κ2) is 6.17. The third kappa shape index (κ3) is 3.54. The van der Waals surface area contributed by atoms with E-state index >= 15 is 0 Å². The van der Waals surface area contributed by atoms with E-state index in [1.54, 1.807) is 14.0 Å². The summed E-state index contributed by atoms with van der Waals surface area (Å²) in [6, 6.07) is 6.05. The van der Waals surface area contributed by atoms with Gasteiger partial charge < -0.3 is 9.64 Å². The summed E-state index contributed by atoms with van der Waals surface area (Å²) in [5.74, 6) is 0.0658. The Balaban J connectivity index is 2.93. The summed E-state index contributed by atoms with van der Waals surface area (Å²) in [4.78, 5) is 13.4. The standard InChI is InChI=1S/C13H18BrNO2/c1-9(8-17-4)15(3)11-5-6-12(10(2)16)13(14)7-11/h5-7,9H,8H2,1-4H3. The molecule has 0 saturated carbocycles. The first-order chi connectivity index (χ1) is 7.97. The van der Waals surface area contributed by atoms with Crippen LogP contribution >= 0.6 is 15.9 Å². The number of hydrogen-bond acceptors (Lipinski definition) is 3. The van der Waals surface area contributed by atoms with Crippen molar-refractivity contribution in [2.24, 2.45) is 0 Å². The smallest absolute Gasteiger partial charge is 0.160 e. The highest BCUT2D eigenvalue weighted by atomic mass is 79.9. The Hall–Kier alpha value is -0.870. The summed E-state index contributed by atoms with van der Waals surface area (Å²) in [5, 5.41) is 0. The van der Waals surface area contributed by atoms with Gasteiger partial charge in [-0.25, -0.2) is 0 Å². The van der Waals surface area contributed by atoms with Crippen LogP contribution in [0, 0.1) is 0 Å². The summed E-state index contributed by atoms with van der Waals surface area (Å²) in [6.45, 7) is 4.33. The Morgan fingerprint density at radius 3 is 2.65 bits per heavy atom. The van der Waals surface area contributed by atoms with Gasteiger partial charge in [0.25, 0.3) is 0 Å². The number of benzene rings is 1. The molecule has 0 radical (unpaired) electrons. The number of nitrogens with zero attached hydrogens (tertiary/aromatic N) is 1. The van der Waals surface area contributed by atoms with E-state index in [0.29, 0.717) is 12.2 Å². The molecule has 1 atom stereocenters. The van der Waals surface area contributed by atoms with Gasteiger partial charge in [0.15, 0.2) is 5.78 Å². The van der Waals surface area contributed by atoms with E-state index in [1.807, 2.05) is 25.2 Å². The van der Waals surface area contributed by atoms with Gasteiger partial charge in [-0.05, 0) is 48.0 Å². The van der Waals surface area contributed by atoms with Crippen LogP contribution in [0.4, 0.5) is 5.69 Å². The number of anilines is 1. The van der Waals surface area contributed by atoms with Crippen LogP contribution in [0.1, 0.15) is 24.2 Å². The van der Waals surface area contributed by atoms with Crippen molar-refractivity contribution < 1.29 is 9.53 Å². The molecule has 17 heavy (non-hydrogen) atoms. The van der Waals surface area contributed by atoms with Gasteiger partial charge in [-0.1, -0.05) is 0 Å². The molecule has 1 unspecified atom stereocenters. The molecule has 0 amide bonds. The van der Waals surface area contributed by atoms with Gasteiger partial charge in [-0.3, -0.25) is 4.79 Å². The van der Waals surface area contributed by atoms with E-state index in [2.05, 4.69) is 27.8 Å². The number of hydrogen-bond donors (Lipinski definition) is 0. The minimum atomic E-state index is 0.0658. The maximum absolute atomic E-state index is 11.3. The highest BCUT2D eigenvalue weighted by Crippen LogP contribution is 2.25. The Bertz CT molecular complexity index is 406. The van der Waals surface area contributed by atoms with Gasteiger partial charge in [0, 0.05) is 35.9 Å². The number of Topliss-reactive ketones (excluding diaryl/α,β-unsaturated/α-hetero) is 1. The number of ether oxygens (including phenoxy) is 1. The molecule has 0 aliphatic rings. The molecule has 0 saturated heterocycles. The van der Waals surface area contributed by atoms with E-state index in [4.69, 9.17) is 4.74 Å². The Labute approximate surface area is 111 Å². The monoisotopic (exact) mass is 299 g/mol. The molecule has 4 heteroatoms. The van der Waals surface area contributed by atoms with Crippen LogP contribution in [0.5, 0.6) is 0 Å². The van der Waals surface area contributed by atoms with Gasteiger partial charge in [0.2, 0.25) is 0 Å². The second-order valence-electron chi connectivity index (χ2n) is 4.14. The maximum Gasteiger partial charge on any atom is 0.160 e. The molecule has 0 fully saturated rings. The third-order valence-corrected chi connectivity index (χ3v) is 3.46. The molecular weight excluding hydrogens is 282 g/mol. The quantitative estimate of drug-likeness (QED) is 0.783. The molecular formula is C13H18BrNO2. The lowest BCUT2D eigenvalue weighted by Gasteiger charge is -2.26. The number of likely N-dealkylation sites (N-methyl/N-ethyl adjacent to an activating group) is 1. The minimum Gasteiger partial charge on any atom is -0.383 e. The van der Waals surface area contributed by atoms with E-state index in [-0.39, 0.29) is 11.8 Å². The molecule has 1 aromatic carbocycles. The van der Waals surface area contributed by atoms with Crippen LogP contribution in [0.2, 0.25) is 0 Å². The van der Waals surface area contributed by atoms with E-state index in [9.17, 15) is 4.79 Å². The zero-order valence-corrected chi connectivity index (χ0v) is 12.2. The number of carbonyl (C=O) groups excluding carboxylic acids is 1. The average Bonchev–Trinajstić information content (AvgIpc) is 2.27. The molecule has 0 heterocycles. The van der Waals surface area contributed by atoms with Crippen molar-refractivity contribution in [3.8, 4) is 0 Å². The number of halogens is 1.